The maximum absolute atomic E-state index is 12.0. The van der Waals surface area contributed by atoms with Crippen LogP contribution in [0.25, 0.3) is 0 Å². The first-order valence-corrected chi connectivity index (χ1v) is 6.50. The van der Waals surface area contributed by atoms with Gasteiger partial charge in [-0.3, -0.25) is 0 Å². The number of benzene rings is 1. The molecule has 0 radical (unpaired) electrons. The van der Waals surface area contributed by atoms with Gasteiger partial charge in [-0.05, 0) is 20.8 Å². The average molecular weight is 264 g/mol. The minimum absolute atomic E-state index is 0.322. The summed E-state index contributed by atoms with van der Waals surface area (Å²) >= 11 is 0. The molecule has 1 aromatic carbocycles. The Labute approximate surface area is 113 Å². The molecule has 0 N–H and O–H groups in total. The van der Waals surface area contributed by atoms with E-state index in [1.165, 1.54) is 0 Å². The largest absolute Gasteiger partial charge is 0.458 e. The fourth-order valence-electron chi connectivity index (χ4n) is 1.86. The molecule has 2 atom stereocenters. The normalized spacial score (nSPS) is 23.9. The van der Waals surface area contributed by atoms with Crippen LogP contribution in [0.15, 0.2) is 30.3 Å². The molecule has 1 saturated heterocycles. The van der Waals surface area contributed by atoms with Crippen LogP contribution < -0.4 is 0 Å². The van der Waals surface area contributed by atoms with Crippen molar-refractivity contribution in [3.8, 4) is 0 Å². The number of carbonyl (C=O) groups is 1. The van der Waals surface area contributed by atoms with E-state index in [1.807, 2.05) is 51.1 Å². The van der Waals surface area contributed by atoms with Gasteiger partial charge in [0.05, 0.1) is 6.61 Å². The van der Waals surface area contributed by atoms with E-state index in [0.717, 1.165) is 5.56 Å². The summed E-state index contributed by atoms with van der Waals surface area (Å²) in [4.78, 5) is 12.0. The van der Waals surface area contributed by atoms with Crippen molar-refractivity contribution in [2.45, 2.75) is 45.2 Å². The van der Waals surface area contributed by atoms with Gasteiger partial charge in [0.15, 0.2) is 12.4 Å². The van der Waals surface area contributed by atoms with Crippen molar-refractivity contribution in [2.75, 3.05) is 6.61 Å². The summed E-state index contributed by atoms with van der Waals surface area (Å²) in [6.45, 7) is 6.03. The summed E-state index contributed by atoms with van der Waals surface area (Å²) in [5, 5.41) is 0. The van der Waals surface area contributed by atoms with E-state index in [2.05, 4.69) is 0 Å². The van der Waals surface area contributed by atoms with Gasteiger partial charge in [-0.1, -0.05) is 30.3 Å². The van der Waals surface area contributed by atoms with E-state index < -0.39 is 18.0 Å². The lowest BCUT2D eigenvalue weighted by Gasteiger charge is -2.31. The molecule has 4 nitrogen and oxygen atoms in total. The Morgan fingerprint density at radius 1 is 1.26 bits per heavy atom. The van der Waals surface area contributed by atoms with Gasteiger partial charge in [-0.25, -0.2) is 4.79 Å². The third kappa shape index (κ3) is 4.04. The molecule has 0 aliphatic carbocycles. The van der Waals surface area contributed by atoms with Gasteiger partial charge in [0, 0.05) is 12.0 Å². The Hall–Kier alpha value is -1.39. The van der Waals surface area contributed by atoms with Gasteiger partial charge < -0.3 is 14.2 Å². The molecule has 2 unspecified atom stereocenters. The van der Waals surface area contributed by atoms with Crippen LogP contribution in [0.3, 0.4) is 0 Å². The molecule has 19 heavy (non-hydrogen) atoms. The summed E-state index contributed by atoms with van der Waals surface area (Å²) in [5.74, 6) is -0.322. The van der Waals surface area contributed by atoms with Gasteiger partial charge in [0.25, 0.3) is 0 Å². The summed E-state index contributed by atoms with van der Waals surface area (Å²) < 4.78 is 16.6. The molecule has 1 aromatic rings. The maximum atomic E-state index is 12.0. The highest BCUT2D eigenvalue weighted by atomic mass is 16.7. The lowest BCUT2D eigenvalue weighted by molar-refractivity contribution is -0.231. The molecule has 1 aliphatic rings. The summed E-state index contributed by atoms with van der Waals surface area (Å²) in [6, 6.07) is 9.60. The second-order valence-corrected chi connectivity index (χ2v) is 5.56. The van der Waals surface area contributed by atoms with Crippen molar-refractivity contribution in [3.63, 3.8) is 0 Å². The van der Waals surface area contributed by atoms with Crippen LogP contribution in [0.2, 0.25) is 0 Å². The zero-order chi connectivity index (χ0) is 13.9. The second kappa shape index (κ2) is 5.72. The zero-order valence-electron chi connectivity index (χ0n) is 11.6. The summed E-state index contributed by atoms with van der Waals surface area (Å²) in [7, 11) is 0. The highest BCUT2D eigenvalue weighted by Crippen LogP contribution is 2.27. The zero-order valence-corrected chi connectivity index (χ0v) is 11.6. The molecule has 0 saturated carbocycles. The van der Waals surface area contributed by atoms with Crippen LogP contribution in [0.5, 0.6) is 0 Å². The smallest absolute Gasteiger partial charge is 0.336 e. The van der Waals surface area contributed by atoms with Gasteiger partial charge in [-0.2, -0.15) is 0 Å². The maximum Gasteiger partial charge on any atom is 0.336 e. The molecule has 1 aliphatic heterocycles. The first kappa shape index (κ1) is 14.0. The molecule has 1 heterocycles. The first-order chi connectivity index (χ1) is 8.96. The van der Waals surface area contributed by atoms with Crippen molar-refractivity contribution < 1.29 is 19.0 Å². The molecular formula is C15H20O4. The third-order valence-corrected chi connectivity index (χ3v) is 2.68. The SMILES string of the molecule is CC(C)(C)OC(=O)C1CCOC(c2ccccc2)O1. The van der Waals surface area contributed by atoms with Crippen molar-refractivity contribution in [3.05, 3.63) is 35.9 Å². The van der Waals surface area contributed by atoms with E-state index in [-0.39, 0.29) is 5.97 Å². The number of ether oxygens (including phenoxy) is 3. The molecule has 0 amide bonds. The van der Waals surface area contributed by atoms with Crippen LogP contribution in [0.1, 0.15) is 39.0 Å². The molecule has 104 valence electrons. The molecule has 2 rings (SSSR count). The van der Waals surface area contributed by atoms with Crippen LogP contribution in [0, 0.1) is 0 Å². The van der Waals surface area contributed by atoms with E-state index in [0.29, 0.717) is 13.0 Å². The number of hydrogen-bond acceptors (Lipinski definition) is 4. The molecular weight excluding hydrogens is 244 g/mol. The van der Waals surface area contributed by atoms with Crippen molar-refractivity contribution in [1.82, 2.24) is 0 Å². The Morgan fingerprint density at radius 2 is 1.95 bits per heavy atom. The monoisotopic (exact) mass is 264 g/mol. The highest BCUT2D eigenvalue weighted by molar-refractivity contribution is 5.75. The number of hydrogen-bond donors (Lipinski definition) is 0. The van der Waals surface area contributed by atoms with E-state index in [9.17, 15) is 4.79 Å². The van der Waals surface area contributed by atoms with Gasteiger partial charge >= 0.3 is 5.97 Å². The Kier molecular flexibility index (Phi) is 4.22. The molecule has 0 aromatic heterocycles. The quantitative estimate of drug-likeness (QED) is 0.770. The Balaban J connectivity index is 2.00. The second-order valence-electron chi connectivity index (χ2n) is 5.56. The van der Waals surface area contributed by atoms with E-state index >= 15 is 0 Å². The van der Waals surface area contributed by atoms with Gasteiger partial charge in [-0.15, -0.1) is 0 Å². The Morgan fingerprint density at radius 3 is 2.58 bits per heavy atom. The van der Waals surface area contributed by atoms with E-state index in [4.69, 9.17) is 14.2 Å². The summed E-state index contributed by atoms with van der Waals surface area (Å²) in [6.07, 6.45) is -0.524. The number of esters is 1. The third-order valence-electron chi connectivity index (χ3n) is 2.68. The lowest BCUT2D eigenvalue weighted by Crippen LogP contribution is -2.38. The van der Waals surface area contributed by atoms with Crippen molar-refractivity contribution in [2.24, 2.45) is 0 Å². The van der Waals surface area contributed by atoms with Crippen LogP contribution in [-0.2, 0) is 19.0 Å². The fraction of sp³-hybridized carbons (Fsp3) is 0.533. The van der Waals surface area contributed by atoms with Crippen molar-refractivity contribution >= 4 is 5.97 Å². The van der Waals surface area contributed by atoms with E-state index in [1.54, 1.807) is 0 Å². The Bertz CT molecular complexity index is 422. The van der Waals surface area contributed by atoms with Crippen LogP contribution in [-0.4, -0.2) is 24.3 Å². The average Bonchev–Trinajstić information content (AvgIpc) is 2.38. The minimum Gasteiger partial charge on any atom is -0.458 e. The molecule has 0 bridgehead atoms. The fourth-order valence-corrected chi connectivity index (χ4v) is 1.86. The van der Waals surface area contributed by atoms with Crippen LogP contribution >= 0.6 is 0 Å². The minimum atomic E-state index is -0.557. The highest BCUT2D eigenvalue weighted by Gasteiger charge is 2.32. The summed E-state index contributed by atoms with van der Waals surface area (Å²) in [5.41, 5.74) is 0.414. The first-order valence-electron chi connectivity index (χ1n) is 6.50. The van der Waals surface area contributed by atoms with Crippen molar-refractivity contribution in [1.29, 1.82) is 0 Å². The molecule has 0 spiro atoms. The standard InChI is InChI=1S/C15H20O4/c1-15(2,3)19-13(16)12-9-10-17-14(18-12)11-7-5-4-6-8-11/h4-8,12,14H,9-10H2,1-3H3. The number of carbonyl (C=O) groups excluding carboxylic acids is 1. The predicted molar refractivity (Wildman–Crippen MR) is 70.5 cm³/mol. The lowest BCUT2D eigenvalue weighted by atomic mass is 10.1. The van der Waals surface area contributed by atoms with Crippen LogP contribution in [0.4, 0.5) is 0 Å². The molecule has 4 heteroatoms. The van der Waals surface area contributed by atoms with Gasteiger partial charge in [0.1, 0.15) is 5.60 Å². The molecule has 1 fully saturated rings. The van der Waals surface area contributed by atoms with Gasteiger partial charge in [0.2, 0.25) is 0 Å². The topological polar surface area (TPSA) is 44.8 Å². The number of rotatable bonds is 2. The predicted octanol–water partition coefficient (Wildman–Crippen LogP) is 2.83.